The van der Waals surface area contributed by atoms with Gasteiger partial charge in [-0.3, -0.25) is 0 Å². The molecule has 0 unspecified atom stereocenters. The Balaban J connectivity index is 0.499. The van der Waals surface area contributed by atoms with Crippen LogP contribution < -0.4 is 9.80 Å². The Labute approximate surface area is 742 Å². The summed E-state index contributed by atoms with van der Waals surface area (Å²) in [7, 11) is 0. The van der Waals surface area contributed by atoms with Gasteiger partial charge < -0.3 is 9.80 Å². The van der Waals surface area contributed by atoms with Crippen LogP contribution in [-0.2, 0) is 32.5 Å². The van der Waals surface area contributed by atoms with Crippen molar-refractivity contribution in [3.63, 3.8) is 0 Å². The van der Waals surface area contributed by atoms with Crippen LogP contribution >= 0.6 is 0 Å². The zero-order valence-electron chi connectivity index (χ0n) is 73.8. The second kappa shape index (κ2) is 28.2. The number of hydrogen-bond acceptors (Lipinski definition) is 2. The lowest BCUT2D eigenvalue weighted by Gasteiger charge is -2.28. The van der Waals surface area contributed by atoms with Gasteiger partial charge in [0.15, 0.2) is 0 Å². The summed E-state index contributed by atoms with van der Waals surface area (Å²) in [5.74, 6) is 0. The summed E-state index contributed by atoms with van der Waals surface area (Å²) in [6.07, 6.45) is 9.07. The highest BCUT2D eigenvalue weighted by Crippen LogP contribution is 2.58. The summed E-state index contributed by atoms with van der Waals surface area (Å²) in [4.78, 5) is 4.90. The average Bonchev–Trinajstić information content (AvgIpc) is 1.60. The van der Waals surface area contributed by atoms with E-state index in [1.54, 1.807) is 0 Å². The Morgan fingerprint density at radius 1 is 0.143 bits per heavy atom. The summed E-state index contributed by atoms with van der Waals surface area (Å²) in [5, 5.41) is 0. The molecular weight excluding hydrogens is 1520 g/mol. The van der Waals surface area contributed by atoms with Crippen molar-refractivity contribution >= 4 is 58.4 Å². The first-order valence-corrected chi connectivity index (χ1v) is 45.0. The molecule has 0 spiro atoms. The topological polar surface area (TPSA) is 6.48 Å². The highest BCUT2D eigenvalue weighted by atomic mass is 15.1. The zero-order chi connectivity index (χ0) is 85.7. The molecule has 0 fully saturated rings. The molecule has 0 heterocycles. The van der Waals surface area contributed by atoms with Gasteiger partial charge in [0.05, 0.1) is 0 Å². The van der Waals surface area contributed by atoms with Crippen LogP contribution in [0, 0.1) is 0 Å². The maximum atomic E-state index is 2.46. The number of fused-ring (bicyclic) bond motifs is 18. The first-order valence-electron chi connectivity index (χ1n) is 45.0. The maximum Gasteiger partial charge on any atom is 0.0465 e. The van der Waals surface area contributed by atoms with Crippen LogP contribution in [0.2, 0.25) is 0 Å². The molecule has 6 aliphatic rings. The lowest BCUT2D eigenvalue weighted by atomic mass is 9.81. The molecule has 23 rings (SSSR count). The van der Waals surface area contributed by atoms with E-state index in [2.05, 4.69) is 481 Å². The molecule has 0 atom stereocenters. The SMILES string of the molecule is CC1(C)c2ccccc2-c2ccc(-c3ccc(N(c4ccc(-c5ccc6c(c5)C(C)(C)c5ccccc5-6)cc4)c4ccc5c(c4)C(C)(C)c4cc(/C=C/c6ccc(/C=C/c7ccc8c(c7)C(C)(C)c7cc(N(c9ccc(-c%10ccc%11c(c%10)C(C)(C)c%10ccccc%10-%11)cc9)c9ccc(-c%10ccc%11c(c%10)C(C)(C)c%10ccccc%10-%11)cc9)ccc7-8)cc6)ccc4-5)cc3)cc21. The molecule has 0 bridgehead atoms. The minimum absolute atomic E-state index is 0.0791. The Bertz CT molecular complexity index is 6710. The molecule has 2 nitrogen and oxygen atoms in total. The van der Waals surface area contributed by atoms with Crippen molar-refractivity contribution in [1.82, 2.24) is 0 Å². The first-order chi connectivity index (χ1) is 60.9. The van der Waals surface area contributed by atoms with Crippen LogP contribution in [0.1, 0.15) is 172 Å². The third-order valence-corrected chi connectivity index (χ3v) is 29.9. The van der Waals surface area contributed by atoms with Gasteiger partial charge in [0.1, 0.15) is 0 Å². The summed E-state index contributed by atoms with van der Waals surface area (Å²) < 4.78 is 0. The fraction of sp³-hybridized carbons (Fsp3) is 0.145. The lowest BCUT2D eigenvalue weighted by Crippen LogP contribution is -2.16. The molecule has 606 valence electrons. The Hall–Kier alpha value is -14.2. The van der Waals surface area contributed by atoms with E-state index in [4.69, 9.17) is 0 Å². The fourth-order valence-electron chi connectivity index (χ4n) is 22.7. The molecular formula is C124H100N2. The van der Waals surface area contributed by atoms with Gasteiger partial charge in [-0.25, -0.2) is 0 Å². The second-order valence-corrected chi connectivity index (χ2v) is 39.2. The van der Waals surface area contributed by atoms with Crippen molar-refractivity contribution in [3.05, 3.63) is 453 Å². The number of rotatable bonds is 14. The summed E-state index contributed by atoms with van der Waals surface area (Å²) in [6, 6.07) is 138. The standard InChI is InChI=1S/C124H100N2/c1-119(2)107-25-17-13-21-95(107)101-63-47-85(71-113(101)119)81-39-51-89(52-40-81)125(90-53-41-82(42-54-90)86-48-64-102-96-22-14-18-26-108(96)120(3,4)114(102)72-86)93-59-67-105-99-61-37-79(69-111(99)123(9,10)117(105)75-93)35-33-77-29-31-78(32-30-77)34-36-80-38-62-100-106-68-60-94(76-118(106)124(11,12)112(100)70-80)126(91-55-43-83(44-56-91)87-49-65-103-97-23-15-19-27-109(97)121(5,6)115(103)73-87)92-57-45-84(46-58-92)88-50-66-104-98-24-16-20-28-110(98)122(7,8)116(104)74-88/h13-76H,1-12H3/b35-33+,36-34+. The van der Waals surface area contributed by atoms with Crippen molar-refractivity contribution in [1.29, 1.82) is 0 Å². The molecule has 0 saturated heterocycles. The van der Waals surface area contributed by atoms with Gasteiger partial charge in [-0.05, 0) is 297 Å². The minimum atomic E-state index is -0.262. The van der Waals surface area contributed by atoms with E-state index in [0.717, 1.165) is 45.3 Å². The summed E-state index contributed by atoms with van der Waals surface area (Å²) in [5.41, 5.74) is 52.7. The highest BCUT2D eigenvalue weighted by Gasteiger charge is 2.42. The summed E-state index contributed by atoms with van der Waals surface area (Å²) in [6.45, 7) is 28.5. The van der Waals surface area contributed by atoms with E-state index in [1.165, 1.54) is 189 Å². The van der Waals surface area contributed by atoms with Crippen molar-refractivity contribution < 1.29 is 0 Å². The Morgan fingerprint density at radius 3 is 0.579 bits per heavy atom. The number of nitrogens with zero attached hydrogens (tertiary/aromatic N) is 2. The predicted octanol–water partition coefficient (Wildman–Crippen LogP) is 33.5. The van der Waals surface area contributed by atoms with E-state index in [0.29, 0.717) is 0 Å². The maximum absolute atomic E-state index is 2.46. The van der Waals surface area contributed by atoms with E-state index in [9.17, 15) is 0 Å². The third kappa shape index (κ3) is 12.0. The quantitative estimate of drug-likeness (QED) is 0.100. The highest BCUT2D eigenvalue weighted by molar-refractivity contribution is 5.94. The molecule has 126 heavy (non-hydrogen) atoms. The van der Waals surface area contributed by atoms with Gasteiger partial charge in [0.25, 0.3) is 0 Å². The molecule has 17 aromatic carbocycles. The Kier molecular flexibility index (Phi) is 17.1. The van der Waals surface area contributed by atoms with Crippen LogP contribution in [0.15, 0.2) is 364 Å². The number of hydrogen-bond donors (Lipinski definition) is 0. The van der Waals surface area contributed by atoms with Gasteiger partial charge in [-0.15, -0.1) is 0 Å². The number of benzene rings is 17. The van der Waals surface area contributed by atoms with E-state index >= 15 is 0 Å². The van der Waals surface area contributed by atoms with Gasteiger partial charge in [0, 0.05) is 66.6 Å². The van der Waals surface area contributed by atoms with Crippen molar-refractivity contribution in [2.75, 3.05) is 9.80 Å². The van der Waals surface area contributed by atoms with Crippen molar-refractivity contribution in [2.45, 2.75) is 116 Å². The average molecular weight is 1620 g/mol. The van der Waals surface area contributed by atoms with Gasteiger partial charge in [0.2, 0.25) is 0 Å². The molecule has 0 N–H and O–H groups in total. The normalized spacial score (nSPS) is 15.5. The largest absolute Gasteiger partial charge is 0.310 e. The molecule has 0 saturated carbocycles. The van der Waals surface area contributed by atoms with Crippen LogP contribution in [-0.4, -0.2) is 0 Å². The Morgan fingerprint density at radius 2 is 0.317 bits per heavy atom. The number of anilines is 6. The van der Waals surface area contributed by atoms with Crippen LogP contribution in [0.4, 0.5) is 34.1 Å². The first kappa shape index (κ1) is 76.7. The van der Waals surface area contributed by atoms with E-state index < -0.39 is 0 Å². The van der Waals surface area contributed by atoms with Crippen molar-refractivity contribution in [2.24, 2.45) is 0 Å². The smallest absolute Gasteiger partial charge is 0.0465 e. The fourth-order valence-corrected chi connectivity index (χ4v) is 22.7. The van der Waals surface area contributed by atoms with E-state index in [-0.39, 0.29) is 32.5 Å². The molecule has 0 aliphatic heterocycles. The molecule has 0 radical (unpaired) electrons. The van der Waals surface area contributed by atoms with Gasteiger partial charge in [-0.1, -0.05) is 374 Å². The minimum Gasteiger partial charge on any atom is -0.310 e. The zero-order valence-corrected chi connectivity index (χ0v) is 73.8. The van der Waals surface area contributed by atoms with Crippen LogP contribution in [0.3, 0.4) is 0 Å². The third-order valence-electron chi connectivity index (χ3n) is 29.9. The summed E-state index contributed by atoms with van der Waals surface area (Å²) >= 11 is 0. The molecule has 17 aromatic rings. The van der Waals surface area contributed by atoms with Crippen LogP contribution in [0.25, 0.3) is 136 Å². The lowest BCUT2D eigenvalue weighted by molar-refractivity contribution is 0.660. The van der Waals surface area contributed by atoms with E-state index in [1.807, 2.05) is 0 Å². The second-order valence-electron chi connectivity index (χ2n) is 39.2. The van der Waals surface area contributed by atoms with Gasteiger partial charge in [-0.2, -0.15) is 0 Å². The monoisotopic (exact) mass is 1620 g/mol. The molecule has 0 aromatic heterocycles. The molecule has 2 heteroatoms. The van der Waals surface area contributed by atoms with Crippen molar-refractivity contribution in [3.8, 4) is 111 Å². The van der Waals surface area contributed by atoms with Crippen LogP contribution in [0.5, 0.6) is 0 Å². The molecule has 6 aliphatic carbocycles. The van der Waals surface area contributed by atoms with Gasteiger partial charge >= 0.3 is 0 Å². The molecule has 0 amide bonds. The predicted molar refractivity (Wildman–Crippen MR) is 534 cm³/mol.